The van der Waals surface area contributed by atoms with Crippen molar-refractivity contribution in [2.24, 2.45) is 0 Å². The molecule has 134 valence electrons. The highest BCUT2D eigenvalue weighted by Gasteiger charge is 2.12. The predicted octanol–water partition coefficient (Wildman–Crippen LogP) is 4.47. The molecule has 2 N–H and O–H groups in total. The van der Waals surface area contributed by atoms with Gasteiger partial charge in [0.1, 0.15) is 0 Å². The number of furan rings is 1. The van der Waals surface area contributed by atoms with Gasteiger partial charge in [0.25, 0.3) is 5.91 Å². The molecule has 0 aliphatic carbocycles. The van der Waals surface area contributed by atoms with Crippen LogP contribution < -0.4 is 10.6 Å². The van der Waals surface area contributed by atoms with Crippen LogP contribution in [0, 0.1) is 0 Å². The molecule has 26 heavy (non-hydrogen) atoms. The monoisotopic (exact) mass is 409 g/mol. The normalized spacial score (nSPS) is 10.5. The first-order valence-corrected chi connectivity index (χ1v) is 9.19. The number of anilines is 1. The summed E-state index contributed by atoms with van der Waals surface area (Å²) in [6, 6.07) is 8.27. The van der Waals surface area contributed by atoms with E-state index in [9.17, 15) is 9.59 Å². The summed E-state index contributed by atoms with van der Waals surface area (Å²) in [6.07, 6.45) is 1.52. The van der Waals surface area contributed by atoms with Gasteiger partial charge in [-0.2, -0.15) is 0 Å². The minimum absolute atomic E-state index is 0.110. The highest BCUT2D eigenvalue weighted by Crippen LogP contribution is 2.32. The van der Waals surface area contributed by atoms with Gasteiger partial charge in [0.15, 0.2) is 10.9 Å². The zero-order chi connectivity index (χ0) is 18.5. The van der Waals surface area contributed by atoms with E-state index >= 15 is 0 Å². The molecular weight excluding hydrogens is 397 g/mol. The summed E-state index contributed by atoms with van der Waals surface area (Å²) in [5.41, 5.74) is 1.32. The Balaban J connectivity index is 1.53. The smallest absolute Gasteiger partial charge is 0.286 e. The van der Waals surface area contributed by atoms with Gasteiger partial charge >= 0.3 is 0 Å². The quantitative estimate of drug-likeness (QED) is 0.628. The molecule has 3 rings (SSSR count). The van der Waals surface area contributed by atoms with E-state index in [-0.39, 0.29) is 30.5 Å². The number of carbonyl (C=O) groups excluding carboxylic acids is 2. The minimum atomic E-state index is -0.366. The van der Waals surface area contributed by atoms with Crippen LogP contribution in [0.4, 0.5) is 5.13 Å². The van der Waals surface area contributed by atoms with Gasteiger partial charge in [-0.05, 0) is 30.3 Å². The van der Waals surface area contributed by atoms with Crippen molar-refractivity contribution in [1.82, 2.24) is 10.3 Å². The van der Waals surface area contributed by atoms with Crippen molar-refractivity contribution in [2.45, 2.75) is 6.42 Å². The average Bonchev–Trinajstić information content (AvgIpc) is 3.29. The van der Waals surface area contributed by atoms with Crippen molar-refractivity contribution in [3.63, 3.8) is 0 Å². The Bertz CT molecular complexity index is 925. The summed E-state index contributed by atoms with van der Waals surface area (Å²) in [6.45, 7) is 0.184. The van der Waals surface area contributed by atoms with E-state index in [1.165, 1.54) is 17.6 Å². The van der Waals surface area contributed by atoms with E-state index in [1.807, 2.05) is 0 Å². The average molecular weight is 410 g/mol. The summed E-state index contributed by atoms with van der Waals surface area (Å²) in [4.78, 5) is 28.0. The number of hydrogen-bond donors (Lipinski definition) is 2. The fraction of sp³-hybridized carbons (Fsp3) is 0.118. The van der Waals surface area contributed by atoms with Gasteiger partial charge in [0.05, 0.1) is 17.0 Å². The zero-order valence-electron chi connectivity index (χ0n) is 13.3. The number of amides is 2. The lowest BCUT2D eigenvalue weighted by Crippen LogP contribution is -2.27. The molecule has 2 amide bonds. The molecule has 0 bridgehead atoms. The number of carbonyl (C=O) groups is 2. The van der Waals surface area contributed by atoms with Crippen LogP contribution in [-0.2, 0) is 4.79 Å². The van der Waals surface area contributed by atoms with E-state index < -0.39 is 0 Å². The first-order chi connectivity index (χ1) is 12.5. The topological polar surface area (TPSA) is 84.2 Å². The second-order valence-corrected chi connectivity index (χ2v) is 6.90. The lowest BCUT2D eigenvalue weighted by atomic mass is 10.2. The van der Waals surface area contributed by atoms with Crippen LogP contribution >= 0.6 is 34.5 Å². The van der Waals surface area contributed by atoms with Crippen LogP contribution in [0.15, 0.2) is 46.4 Å². The summed E-state index contributed by atoms with van der Waals surface area (Å²) >= 11 is 13.4. The number of benzene rings is 1. The summed E-state index contributed by atoms with van der Waals surface area (Å²) in [7, 11) is 0. The maximum atomic E-state index is 12.0. The van der Waals surface area contributed by atoms with Crippen molar-refractivity contribution in [3.8, 4) is 11.3 Å². The molecule has 3 aromatic rings. The number of aromatic nitrogens is 1. The Morgan fingerprint density at radius 2 is 2.08 bits per heavy atom. The molecule has 0 atom stereocenters. The van der Waals surface area contributed by atoms with Crippen LogP contribution in [0.1, 0.15) is 17.0 Å². The number of thiazole rings is 1. The maximum absolute atomic E-state index is 12.0. The van der Waals surface area contributed by atoms with Crippen LogP contribution in [0.3, 0.4) is 0 Å². The fourth-order valence-corrected chi connectivity index (χ4v) is 3.23. The van der Waals surface area contributed by atoms with Crippen LogP contribution in [0.25, 0.3) is 11.3 Å². The molecule has 9 heteroatoms. The molecule has 0 unspecified atom stereocenters. The summed E-state index contributed by atoms with van der Waals surface area (Å²) < 4.78 is 4.97. The van der Waals surface area contributed by atoms with Crippen LogP contribution in [0.5, 0.6) is 0 Å². The molecule has 6 nitrogen and oxygen atoms in total. The largest absolute Gasteiger partial charge is 0.459 e. The lowest BCUT2D eigenvalue weighted by molar-refractivity contribution is -0.116. The molecule has 0 radical (unpaired) electrons. The molecule has 2 heterocycles. The summed E-state index contributed by atoms with van der Waals surface area (Å²) in [5.74, 6) is -0.425. The Labute approximate surface area is 163 Å². The predicted molar refractivity (Wildman–Crippen MR) is 102 cm³/mol. The Hall–Kier alpha value is -2.35. The van der Waals surface area contributed by atoms with Gasteiger partial charge in [0.2, 0.25) is 5.91 Å². The van der Waals surface area contributed by atoms with Gasteiger partial charge in [-0.25, -0.2) is 4.98 Å². The Morgan fingerprint density at radius 1 is 1.23 bits per heavy atom. The second-order valence-electron chi connectivity index (χ2n) is 5.19. The van der Waals surface area contributed by atoms with Gasteiger partial charge in [-0.15, -0.1) is 11.3 Å². The third-order valence-corrected chi connectivity index (χ3v) is 4.66. The van der Waals surface area contributed by atoms with Crippen LogP contribution in [-0.4, -0.2) is 23.3 Å². The number of nitrogens with one attached hydrogen (secondary N) is 2. The third kappa shape index (κ3) is 4.63. The highest BCUT2D eigenvalue weighted by molar-refractivity contribution is 7.14. The number of halogens is 2. The SMILES string of the molecule is O=C(CCNC(=O)c1ccco1)Nc1nc(-c2cc(Cl)ccc2Cl)cs1. The first-order valence-electron chi connectivity index (χ1n) is 7.55. The standard InChI is InChI=1S/C17H13Cl2N3O3S/c18-10-3-4-12(19)11(8-10)13-9-26-17(21-13)22-15(23)5-6-20-16(24)14-2-1-7-25-14/h1-4,7-9H,5-6H2,(H,20,24)(H,21,22,23). The first kappa shape index (κ1) is 18.4. The molecule has 0 saturated carbocycles. The van der Waals surface area contributed by atoms with Gasteiger partial charge in [-0.3, -0.25) is 9.59 Å². The van der Waals surface area contributed by atoms with Gasteiger partial charge < -0.3 is 15.1 Å². The fourth-order valence-electron chi connectivity index (χ4n) is 2.11. The van der Waals surface area contributed by atoms with Gasteiger partial charge in [0, 0.05) is 28.9 Å². The zero-order valence-corrected chi connectivity index (χ0v) is 15.6. The lowest BCUT2D eigenvalue weighted by Gasteiger charge is -2.04. The minimum Gasteiger partial charge on any atom is -0.459 e. The van der Waals surface area contributed by atoms with E-state index in [0.29, 0.717) is 26.4 Å². The van der Waals surface area contributed by atoms with E-state index in [1.54, 1.807) is 35.7 Å². The molecule has 1 aromatic carbocycles. The number of hydrogen-bond acceptors (Lipinski definition) is 5. The van der Waals surface area contributed by atoms with Crippen molar-refractivity contribution in [2.75, 3.05) is 11.9 Å². The molecule has 0 spiro atoms. The van der Waals surface area contributed by atoms with E-state index in [4.69, 9.17) is 27.6 Å². The van der Waals surface area contributed by atoms with Crippen molar-refractivity contribution in [1.29, 1.82) is 0 Å². The van der Waals surface area contributed by atoms with Crippen molar-refractivity contribution in [3.05, 3.63) is 57.8 Å². The maximum Gasteiger partial charge on any atom is 0.286 e. The van der Waals surface area contributed by atoms with Crippen LogP contribution in [0.2, 0.25) is 10.0 Å². The number of rotatable bonds is 6. The molecule has 0 aliphatic rings. The van der Waals surface area contributed by atoms with Gasteiger partial charge in [-0.1, -0.05) is 23.2 Å². The summed E-state index contributed by atoms with van der Waals surface area (Å²) in [5, 5.41) is 8.60. The molecule has 0 aliphatic heterocycles. The molecule has 0 saturated heterocycles. The third-order valence-electron chi connectivity index (χ3n) is 3.34. The van der Waals surface area contributed by atoms with Crippen molar-refractivity contribution < 1.29 is 14.0 Å². The Kier molecular flexibility index (Phi) is 5.92. The van der Waals surface area contributed by atoms with E-state index in [2.05, 4.69) is 15.6 Å². The number of nitrogens with zero attached hydrogens (tertiary/aromatic N) is 1. The second kappa shape index (κ2) is 8.35. The van der Waals surface area contributed by atoms with E-state index in [0.717, 1.165) is 0 Å². The highest BCUT2D eigenvalue weighted by atomic mass is 35.5. The molecule has 2 aromatic heterocycles. The molecular formula is C17H13Cl2N3O3S. The van der Waals surface area contributed by atoms with Crippen molar-refractivity contribution >= 4 is 51.5 Å². The molecule has 0 fully saturated rings. The Morgan fingerprint density at radius 3 is 2.85 bits per heavy atom.